The van der Waals surface area contributed by atoms with Crippen molar-refractivity contribution in [2.45, 2.75) is 43.9 Å². The molecule has 0 bridgehead atoms. The fraction of sp³-hybridized carbons (Fsp3) is 0.519. The molecule has 9 heteroatoms. The van der Waals surface area contributed by atoms with E-state index in [1.807, 2.05) is 31.2 Å². The van der Waals surface area contributed by atoms with Crippen LogP contribution in [-0.4, -0.2) is 83.2 Å². The number of rotatable bonds is 7. The summed E-state index contributed by atoms with van der Waals surface area (Å²) in [5, 5.41) is 9.89. The van der Waals surface area contributed by atoms with Gasteiger partial charge in [-0.3, -0.25) is 14.4 Å². The van der Waals surface area contributed by atoms with E-state index < -0.39 is 29.6 Å². The average Bonchev–Trinajstić information content (AvgIpc) is 3.18. The molecule has 36 heavy (non-hydrogen) atoms. The Kier molecular flexibility index (Phi) is 6.94. The standard InChI is InChI=1S/C27H32ClN3O5/c1-2-13-29-14-5-7-20-21(24(29)33)22-25(34)31(15-3-4-17-32)23-26(35)30(16-6-12-27(22,23)36-20)19-10-8-18(28)9-11-19/h5-12,20-23,32H,2-4,13-17H2,1H3/t20-,21+,22-,23?,27-/m0/s1. The zero-order chi connectivity index (χ0) is 25.4. The van der Waals surface area contributed by atoms with Crippen LogP contribution < -0.4 is 4.90 Å². The van der Waals surface area contributed by atoms with Crippen molar-refractivity contribution in [1.29, 1.82) is 0 Å². The van der Waals surface area contributed by atoms with Gasteiger partial charge in [-0.15, -0.1) is 0 Å². The average molecular weight is 514 g/mol. The molecule has 5 rings (SSSR count). The lowest BCUT2D eigenvalue weighted by Crippen LogP contribution is -2.55. The molecule has 8 nitrogen and oxygen atoms in total. The van der Waals surface area contributed by atoms with Crippen molar-refractivity contribution < 1.29 is 24.2 Å². The SMILES string of the molecule is CCCN1CC=C[C@@H]2O[C@]34C=CCN(c5ccc(Cl)cc5)C(=O)C3N(CCCCO)C(=O)[C@@H]4[C@@H]2C1=O. The molecule has 1 N–H and O–H groups in total. The number of anilines is 1. The summed E-state index contributed by atoms with van der Waals surface area (Å²) in [5.74, 6) is -2.06. The highest BCUT2D eigenvalue weighted by Gasteiger charge is 2.71. The molecule has 1 unspecified atom stereocenters. The van der Waals surface area contributed by atoms with Crippen LogP contribution in [0.1, 0.15) is 26.2 Å². The van der Waals surface area contributed by atoms with Crippen molar-refractivity contribution >= 4 is 35.0 Å². The van der Waals surface area contributed by atoms with E-state index in [1.165, 1.54) is 0 Å². The van der Waals surface area contributed by atoms with Crippen LogP contribution in [0.2, 0.25) is 5.02 Å². The molecule has 2 fully saturated rings. The number of carbonyl (C=O) groups is 3. The van der Waals surface area contributed by atoms with Gasteiger partial charge in [-0.2, -0.15) is 0 Å². The number of unbranched alkanes of at least 4 members (excludes halogenated alkanes) is 1. The summed E-state index contributed by atoms with van der Waals surface area (Å²) < 4.78 is 6.62. The molecule has 4 aliphatic heterocycles. The highest BCUT2D eigenvalue weighted by atomic mass is 35.5. The van der Waals surface area contributed by atoms with Crippen LogP contribution in [0.4, 0.5) is 5.69 Å². The molecule has 0 radical (unpaired) electrons. The van der Waals surface area contributed by atoms with E-state index in [9.17, 15) is 19.5 Å². The molecule has 4 heterocycles. The number of ether oxygens (including phenoxy) is 1. The zero-order valence-electron chi connectivity index (χ0n) is 20.4. The fourth-order valence-electron chi connectivity index (χ4n) is 6.15. The largest absolute Gasteiger partial charge is 0.396 e. The zero-order valence-corrected chi connectivity index (χ0v) is 21.1. The van der Waals surface area contributed by atoms with Gasteiger partial charge in [-0.05, 0) is 43.5 Å². The van der Waals surface area contributed by atoms with Crippen LogP contribution in [0, 0.1) is 11.8 Å². The van der Waals surface area contributed by atoms with Gasteiger partial charge >= 0.3 is 0 Å². The van der Waals surface area contributed by atoms with Crippen LogP contribution in [0.15, 0.2) is 48.6 Å². The van der Waals surface area contributed by atoms with Crippen molar-refractivity contribution in [1.82, 2.24) is 9.80 Å². The number of carbonyl (C=O) groups excluding carboxylic acids is 3. The van der Waals surface area contributed by atoms with Gasteiger partial charge < -0.3 is 24.5 Å². The number of nitrogens with zero attached hydrogens (tertiary/aromatic N) is 3. The number of hydrogen-bond donors (Lipinski definition) is 1. The van der Waals surface area contributed by atoms with Gasteiger partial charge in [0, 0.05) is 43.5 Å². The molecule has 4 aliphatic rings. The number of aliphatic hydroxyl groups excluding tert-OH is 1. The van der Waals surface area contributed by atoms with Crippen molar-refractivity contribution in [3.63, 3.8) is 0 Å². The van der Waals surface area contributed by atoms with Gasteiger partial charge in [0.15, 0.2) is 0 Å². The second kappa shape index (κ2) is 10.00. The van der Waals surface area contributed by atoms with Crippen LogP contribution in [0.5, 0.6) is 0 Å². The van der Waals surface area contributed by atoms with E-state index in [4.69, 9.17) is 16.3 Å². The van der Waals surface area contributed by atoms with Gasteiger partial charge in [0.2, 0.25) is 11.8 Å². The highest BCUT2D eigenvalue weighted by molar-refractivity contribution is 6.30. The molecule has 2 saturated heterocycles. The Hall–Kier alpha value is -2.68. The molecular formula is C27H32ClN3O5. The number of likely N-dealkylation sites (tertiary alicyclic amines) is 1. The third kappa shape index (κ3) is 3.96. The number of aliphatic hydroxyl groups is 1. The van der Waals surface area contributed by atoms with Crippen molar-refractivity contribution in [2.75, 3.05) is 37.7 Å². The van der Waals surface area contributed by atoms with Crippen LogP contribution >= 0.6 is 11.6 Å². The van der Waals surface area contributed by atoms with E-state index >= 15 is 0 Å². The predicted octanol–water partition coefficient (Wildman–Crippen LogP) is 2.40. The first-order valence-electron chi connectivity index (χ1n) is 12.7. The van der Waals surface area contributed by atoms with Gasteiger partial charge in [0.25, 0.3) is 5.91 Å². The molecule has 0 saturated carbocycles. The summed E-state index contributed by atoms with van der Waals surface area (Å²) in [6.45, 7) is 3.73. The van der Waals surface area contributed by atoms with Crippen molar-refractivity contribution in [3.05, 3.63) is 53.6 Å². The summed E-state index contributed by atoms with van der Waals surface area (Å²) in [6.07, 6.45) is 8.82. The van der Waals surface area contributed by atoms with Gasteiger partial charge in [-0.1, -0.05) is 42.8 Å². The van der Waals surface area contributed by atoms with E-state index in [0.717, 1.165) is 6.42 Å². The second-order valence-electron chi connectivity index (χ2n) is 9.84. The van der Waals surface area contributed by atoms with Crippen LogP contribution in [0.3, 0.4) is 0 Å². The van der Waals surface area contributed by atoms with E-state index in [0.29, 0.717) is 49.7 Å². The molecule has 5 atom stereocenters. The summed E-state index contributed by atoms with van der Waals surface area (Å²) in [6, 6.07) is 6.11. The fourth-order valence-corrected chi connectivity index (χ4v) is 6.27. The third-order valence-electron chi connectivity index (χ3n) is 7.68. The maximum atomic E-state index is 14.2. The van der Waals surface area contributed by atoms with E-state index in [1.54, 1.807) is 39.0 Å². The Morgan fingerprint density at radius 3 is 2.53 bits per heavy atom. The number of benzene rings is 1. The molecule has 0 aliphatic carbocycles. The summed E-state index contributed by atoms with van der Waals surface area (Å²) in [7, 11) is 0. The minimum atomic E-state index is -1.24. The summed E-state index contributed by atoms with van der Waals surface area (Å²) >= 11 is 6.07. The molecule has 1 spiro atoms. The maximum absolute atomic E-state index is 14.2. The summed E-state index contributed by atoms with van der Waals surface area (Å²) in [5.41, 5.74) is -0.561. The smallest absolute Gasteiger partial charge is 0.253 e. The number of halogens is 1. The number of fused-ring (bicyclic) bond motifs is 2. The van der Waals surface area contributed by atoms with Crippen molar-refractivity contribution in [2.24, 2.45) is 11.8 Å². The van der Waals surface area contributed by atoms with Gasteiger partial charge in [0.1, 0.15) is 11.6 Å². The Morgan fingerprint density at radius 2 is 1.81 bits per heavy atom. The number of amides is 3. The maximum Gasteiger partial charge on any atom is 0.253 e. The molecular weight excluding hydrogens is 482 g/mol. The lowest BCUT2D eigenvalue weighted by molar-refractivity contribution is -0.144. The molecule has 192 valence electrons. The molecule has 0 aromatic heterocycles. The van der Waals surface area contributed by atoms with Crippen LogP contribution in [0.25, 0.3) is 0 Å². The number of hydrogen-bond acceptors (Lipinski definition) is 5. The van der Waals surface area contributed by atoms with E-state index in [2.05, 4.69) is 0 Å². The first-order valence-corrected chi connectivity index (χ1v) is 13.1. The van der Waals surface area contributed by atoms with Gasteiger partial charge in [0.05, 0.1) is 17.9 Å². The topological polar surface area (TPSA) is 90.4 Å². The third-order valence-corrected chi connectivity index (χ3v) is 7.93. The molecule has 1 aromatic carbocycles. The first-order chi connectivity index (χ1) is 17.4. The summed E-state index contributed by atoms with van der Waals surface area (Å²) in [4.78, 5) is 46.9. The van der Waals surface area contributed by atoms with Crippen molar-refractivity contribution in [3.8, 4) is 0 Å². The Labute approximate surface area is 216 Å². The minimum absolute atomic E-state index is 0.00246. The Balaban J connectivity index is 1.57. The van der Waals surface area contributed by atoms with E-state index in [-0.39, 0.29) is 24.3 Å². The van der Waals surface area contributed by atoms with Crippen LogP contribution in [-0.2, 0) is 19.1 Å². The monoisotopic (exact) mass is 513 g/mol. The lowest BCUT2D eigenvalue weighted by atomic mass is 9.77. The Morgan fingerprint density at radius 1 is 1.03 bits per heavy atom. The lowest BCUT2D eigenvalue weighted by Gasteiger charge is -2.35. The van der Waals surface area contributed by atoms with Gasteiger partial charge in [-0.25, -0.2) is 0 Å². The minimum Gasteiger partial charge on any atom is -0.396 e. The second-order valence-corrected chi connectivity index (χ2v) is 10.3. The first kappa shape index (κ1) is 25.0. The molecule has 1 aromatic rings. The normalized spacial score (nSPS) is 31.4. The molecule has 3 amide bonds. The highest BCUT2D eigenvalue weighted by Crippen LogP contribution is 2.53. The predicted molar refractivity (Wildman–Crippen MR) is 135 cm³/mol. The quantitative estimate of drug-likeness (QED) is 0.446. The Bertz CT molecular complexity index is 1090.